The summed E-state index contributed by atoms with van der Waals surface area (Å²) in [7, 11) is 0. The Bertz CT molecular complexity index is 119. The molecule has 0 aromatic heterocycles. The second-order valence-electron chi connectivity index (χ2n) is 1.47. The third-order valence-corrected chi connectivity index (χ3v) is 0.873. The molecule has 0 aliphatic carbocycles. The lowest BCUT2D eigenvalue weighted by Gasteiger charge is -2.14. The zero-order valence-electron chi connectivity index (χ0n) is 5.22. The Kier molecular flexibility index (Phi) is 2.50. The maximum Gasteiger partial charge on any atom is 0.321 e. The lowest BCUT2D eigenvalue weighted by molar-refractivity contribution is 0.231. The number of primary amides is 1. The molecule has 5 N–H and O–H groups in total. The number of hydrogen-bond donors (Lipinski definition) is 3. The van der Waals surface area contributed by atoms with Gasteiger partial charge in [-0.2, -0.15) is 0 Å². The summed E-state index contributed by atoms with van der Waals surface area (Å²) in [6.07, 6.45) is 0. The first-order valence-corrected chi connectivity index (χ1v) is 2.50. The van der Waals surface area contributed by atoms with E-state index in [1.54, 1.807) is 6.92 Å². The van der Waals surface area contributed by atoms with Crippen molar-refractivity contribution >= 4 is 12.0 Å². The van der Waals surface area contributed by atoms with Crippen LogP contribution < -0.4 is 11.5 Å². The molecule has 0 aliphatic heterocycles. The molecule has 0 heterocycles. The van der Waals surface area contributed by atoms with E-state index in [-0.39, 0.29) is 5.96 Å². The highest BCUT2D eigenvalue weighted by Crippen LogP contribution is 1.82. The number of carbonyl (C=O) groups excluding carboxylic acids is 1. The predicted octanol–water partition coefficient (Wildman–Crippen LogP) is -0.720. The summed E-state index contributed by atoms with van der Waals surface area (Å²) in [4.78, 5) is 11.3. The number of hydrogen-bond acceptors (Lipinski definition) is 2. The molecule has 52 valence electrons. The lowest BCUT2D eigenvalue weighted by atomic mass is 10.6. The highest BCUT2D eigenvalue weighted by molar-refractivity contribution is 5.92. The Labute approximate surface area is 53.1 Å². The van der Waals surface area contributed by atoms with Gasteiger partial charge in [0.25, 0.3) is 0 Å². The summed E-state index contributed by atoms with van der Waals surface area (Å²) in [5, 5.41) is 6.78. The van der Waals surface area contributed by atoms with Crippen LogP contribution in [0.4, 0.5) is 4.79 Å². The van der Waals surface area contributed by atoms with Crippen molar-refractivity contribution in [2.24, 2.45) is 11.5 Å². The topological polar surface area (TPSA) is 96.2 Å². The molecule has 0 fully saturated rings. The van der Waals surface area contributed by atoms with Gasteiger partial charge in [-0.25, -0.2) is 4.79 Å². The SMILES string of the molecule is CCN(C(=N)N)C(N)=O. The molecule has 5 heteroatoms. The van der Waals surface area contributed by atoms with Gasteiger partial charge in [-0.1, -0.05) is 0 Å². The molecule has 0 saturated carbocycles. The zero-order chi connectivity index (χ0) is 7.44. The number of carbonyl (C=O) groups is 1. The smallest absolute Gasteiger partial charge is 0.321 e. The monoisotopic (exact) mass is 130 g/mol. The van der Waals surface area contributed by atoms with Gasteiger partial charge in [0.05, 0.1) is 0 Å². The lowest BCUT2D eigenvalue weighted by Crippen LogP contribution is -2.44. The van der Waals surface area contributed by atoms with Crippen molar-refractivity contribution in [2.75, 3.05) is 6.54 Å². The summed E-state index contributed by atoms with van der Waals surface area (Å²) in [6, 6.07) is -0.690. The van der Waals surface area contributed by atoms with E-state index in [4.69, 9.17) is 16.9 Å². The average Bonchev–Trinajstić information content (AvgIpc) is 1.64. The number of nitrogens with zero attached hydrogens (tertiary/aromatic N) is 1. The Hall–Kier alpha value is -1.26. The fourth-order valence-electron chi connectivity index (χ4n) is 0.445. The van der Waals surface area contributed by atoms with E-state index >= 15 is 0 Å². The van der Waals surface area contributed by atoms with Crippen LogP contribution in [0.5, 0.6) is 0 Å². The normalized spacial score (nSPS) is 8.56. The number of nitrogens with one attached hydrogen (secondary N) is 1. The van der Waals surface area contributed by atoms with Crippen LogP contribution in [-0.2, 0) is 0 Å². The fourth-order valence-corrected chi connectivity index (χ4v) is 0.445. The maximum absolute atomic E-state index is 10.3. The number of nitrogens with two attached hydrogens (primary N) is 2. The van der Waals surface area contributed by atoms with E-state index in [1.807, 2.05) is 0 Å². The van der Waals surface area contributed by atoms with Gasteiger partial charge in [0.2, 0.25) is 0 Å². The minimum atomic E-state index is -0.690. The van der Waals surface area contributed by atoms with Crippen molar-refractivity contribution in [2.45, 2.75) is 6.92 Å². The molecule has 0 aliphatic rings. The largest absolute Gasteiger partial charge is 0.370 e. The number of rotatable bonds is 1. The summed E-state index contributed by atoms with van der Waals surface area (Å²) >= 11 is 0. The number of urea groups is 1. The Balaban J connectivity index is 3.99. The van der Waals surface area contributed by atoms with E-state index in [0.717, 1.165) is 4.90 Å². The fraction of sp³-hybridized carbons (Fsp3) is 0.500. The Morgan fingerprint density at radius 3 is 2.11 bits per heavy atom. The van der Waals surface area contributed by atoms with Crippen LogP contribution in [0, 0.1) is 5.41 Å². The molecule has 0 spiro atoms. The first-order valence-electron chi connectivity index (χ1n) is 2.50. The van der Waals surface area contributed by atoms with E-state index < -0.39 is 6.03 Å². The van der Waals surface area contributed by atoms with Gasteiger partial charge in [-0.15, -0.1) is 0 Å². The zero-order valence-corrected chi connectivity index (χ0v) is 5.22. The van der Waals surface area contributed by atoms with Crippen LogP contribution in [0.15, 0.2) is 0 Å². The molecule has 0 radical (unpaired) electrons. The highest BCUT2D eigenvalue weighted by atomic mass is 16.2. The summed E-state index contributed by atoms with van der Waals surface area (Å²) in [5.41, 5.74) is 9.77. The van der Waals surface area contributed by atoms with Crippen molar-refractivity contribution in [3.05, 3.63) is 0 Å². The van der Waals surface area contributed by atoms with E-state index in [0.29, 0.717) is 6.54 Å². The third-order valence-electron chi connectivity index (χ3n) is 0.873. The van der Waals surface area contributed by atoms with Crippen molar-refractivity contribution < 1.29 is 4.79 Å². The summed E-state index contributed by atoms with van der Waals surface area (Å²) in [6.45, 7) is 2.02. The molecule has 0 rings (SSSR count). The minimum Gasteiger partial charge on any atom is -0.370 e. The average molecular weight is 130 g/mol. The van der Waals surface area contributed by atoms with Gasteiger partial charge in [-0.3, -0.25) is 10.3 Å². The quantitative estimate of drug-likeness (QED) is 0.322. The summed E-state index contributed by atoms with van der Waals surface area (Å²) in [5.74, 6) is -0.315. The van der Waals surface area contributed by atoms with E-state index in [2.05, 4.69) is 0 Å². The van der Waals surface area contributed by atoms with Crippen LogP contribution in [0.3, 0.4) is 0 Å². The first-order chi connectivity index (χ1) is 4.09. The van der Waals surface area contributed by atoms with E-state index in [9.17, 15) is 4.79 Å². The molecular formula is C4H10N4O. The molecule has 0 unspecified atom stereocenters. The molecular weight excluding hydrogens is 120 g/mol. The van der Waals surface area contributed by atoms with Crippen LogP contribution in [0.1, 0.15) is 6.92 Å². The van der Waals surface area contributed by atoms with Crippen LogP contribution in [0.25, 0.3) is 0 Å². The second kappa shape index (κ2) is 2.91. The number of guanidine groups is 1. The van der Waals surface area contributed by atoms with Gasteiger partial charge in [0.15, 0.2) is 5.96 Å². The van der Waals surface area contributed by atoms with Crippen LogP contribution in [-0.4, -0.2) is 23.4 Å². The first kappa shape index (κ1) is 7.74. The van der Waals surface area contributed by atoms with Gasteiger partial charge >= 0.3 is 6.03 Å². The molecule has 0 aromatic carbocycles. The van der Waals surface area contributed by atoms with Crippen molar-refractivity contribution in [3.63, 3.8) is 0 Å². The van der Waals surface area contributed by atoms with Gasteiger partial charge in [0.1, 0.15) is 0 Å². The maximum atomic E-state index is 10.3. The van der Waals surface area contributed by atoms with E-state index in [1.165, 1.54) is 0 Å². The molecule has 2 amide bonds. The van der Waals surface area contributed by atoms with Crippen LogP contribution >= 0.6 is 0 Å². The standard InChI is InChI=1S/C4H10N4O/c1-2-8(3(5)6)4(7)9/h2H2,1H3,(H3,5,6)(H2,7,9). The Morgan fingerprint density at radius 1 is 1.67 bits per heavy atom. The van der Waals surface area contributed by atoms with Crippen molar-refractivity contribution in [1.29, 1.82) is 5.41 Å². The molecule has 5 nitrogen and oxygen atoms in total. The van der Waals surface area contributed by atoms with Gasteiger partial charge in [0, 0.05) is 6.54 Å². The molecule has 0 aromatic rings. The highest BCUT2D eigenvalue weighted by Gasteiger charge is 2.07. The van der Waals surface area contributed by atoms with Crippen LogP contribution in [0.2, 0.25) is 0 Å². The van der Waals surface area contributed by atoms with Crippen molar-refractivity contribution in [3.8, 4) is 0 Å². The summed E-state index contributed by atoms with van der Waals surface area (Å²) < 4.78 is 0. The van der Waals surface area contributed by atoms with Gasteiger partial charge in [-0.05, 0) is 6.92 Å². The Morgan fingerprint density at radius 2 is 2.11 bits per heavy atom. The third kappa shape index (κ3) is 1.98. The van der Waals surface area contributed by atoms with Crippen molar-refractivity contribution in [1.82, 2.24) is 4.90 Å². The number of amides is 2. The predicted molar refractivity (Wildman–Crippen MR) is 33.9 cm³/mol. The molecule has 9 heavy (non-hydrogen) atoms. The van der Waals surface area contributed by atoms with Gasteiger partial charge < -0.3 is 11.5 Å². The second-order valence-corrected chi connectivity index (χ2v) is 1.47. The molecule has 0 saturated heterocycles. The molecule has 0 atom stereocenters. The molecule has 0 bridgehead atoms. The minimum absolute atomic E-state index is 0.315.